The molecule has 1 aromatic carbocycles. The number of nitrogens with zero attached hydrogens (tertiary/aromatic N) is 1. The molecule has 0 N–H and O–H groups in total. The summed E-state index contributed by atoms with van der Waals surface area (Å²) in [6.07, 6.45) is 0.360. The Balaban J connectivity index is 1.86. The van der Waals surface area contributed by atoms with Gasteiger partial charge in [0.25, 0.3) is 0 Å². The van der Waals surface area contributed by atoms with Crippen molar-refractivity contribution in [1.29, 1.82) is 0 Å². The molecule has 0 aliphatic heterocycles. The zero-order valence-electron chi connectivity index (χ0n) is 9.52. The Labute approximate surface area is 134 Å². The van der Waals surface area contributed by atoms with Crippen molar-refractivity contribution in [1.82, 2.24) is 4.98 Å². The summed E-state index contributed by atoms with van der Waals surface area (Å²) in [4.78, 5) is 17.4. The topological polar surface area (TPSA) is 30.0 Å². The summed E-state index contributed by atoms with van der Waals surface area (Å²) in [5.41, 5.74) is 0.962. The summed E-state index contributed by atoms with van der Waals surface area (Å²) >= 11 is 9.83. The fourth-order valence-corrected chi connectivity index (χ4v) is 4.64. The molecular weight excluding hydrogens is 410 g/mol. The second kappa shape index (κ2) is 5.44. The first-order chi connectivity index (χ1) is 9.13. The molecule has 0 saturated heterocycles. The van der Waals surface area contributed by atoms with Gasteiger partial charge in [-0.2, -0.15) is 0 Å². The van der Waals surface area contributed by atoms with E-state index >= 15 is 0 Å². The van der Waals surface area contributed by atoms with E-state index in [1.165, 1.54) is 11.3 Å². The van der Waals surface area contributed by atoms with Gasteiger partial charge in [-0.05, 0) is 50.1 Å². The van der Waals surface area contributed by atoms with Crippen LogP contribution in [0.25, 0.3) is 10.2 Å². The van der Waals surface area contributed by atoms with Crippen LogP contribution in [0, 0.1) is 0 Å². The van der Waals surface area contributed by atoms with Gasteiger partial charge in [-0.1, -0.05) is 12.1 Å². The van der Waals surface area contributed by atoms with E-state index < -0.39 is 0 Å². The predicted octanol–water partition coefficient (Wildman–Crippen LogP) is 5.31. The number of halogens is 2. The van der Waals surface area contributed by atoms with Gasteiger partial charge in [0.2, 0.25) is 0 Å². The monoisotopic (exact) mass is 415 g/mol. The number of rotatable bonds is 3. The van der Waals surface area contributed by atoms with E-state index in [0.29, 0.717) is 6.42 Å². The van der Waals surface area contributed by atoms with Crippen molar-refractivity contribution in [3.8, 4) is 0 Å². The van der Waals surface area contributed by atoms with Gasteiger partial charge >= 0.3 is 0 Å². The zero-order chi connectivity index (χ0) is 13.4. The molecule has 0 aliphatic rings. The number of para-hydroxylation sites is 1. The second-order valence-electron chi connectivity index (χ2n) is 3.91. The summed E-state index contributed by atoms with van der Waals surface area (Å²) in [5.74, 6) is 0.107. The van der Waals surface area contributed by atoms with Gasteiger partial charge in [0, 0.05) is 4.47 Å². The number of thiazole rings is 1. The maximum atomic E-state index is 12.2. The maximum absolute atomic E-state index is 12.2. The minimum Gasteiger partial charge on any atom is -0.293 e. The highest BCUT2D eigenvalue weighted by Crippen LogP contribution is 2.33. The molecule has 0 unspecified atom stereocenters. The largest absolute Gasteiger partial charge is 0.293 e. The number of fused-ring (bicyclic) bond motifs is 1. The lowest BCUT2D eigenvalue weighted by Crippen LogP contribution is -2.00. The molecule has 2 heterocycles. The zero-order valence-corrected chi connectivity index (χ0v) is 14.3. The molecule has 0 atom stereocenters. The van der Waals surface area contributed by atoms with E-state index in [9.17, 15) is 4.79 Å². The molecule has 96 valence electrons. The Bertz CT molecular complexity index is 710. The summed E-state index contributed by atoms with van der Waals surface area (Å²) in [6.45, 7) is 0. The Morgan fingerprint density at radius 3 is 2.68 bits per heavy atom. The van der Waals surface area contributed by atoms with Crippen molar-refractivity contribution >= 4 is 70.5 Å². The molecule has 0 saturated carbocycles. The molecule has 0 amide bonds. The summed E-state index contributed by atoms with van der Waals surface area (Å²) in [7, 11) is 0. The highest BCUT2D eigenvalue weighted by atomic mass is 79.9. The third-order valence-electron chi connectivity index (χ3n) is 2.57. The lowest BCUT2D eigenvalue weighted by Gasteiger charge is -1.92. The van der Waals surface area contributed by atoms with Crippen LogP contribution >= 0.6 is 54.5 Å². The number of Topliss-reactive ketones (excluding diaryl/α,β-unsaturated/α-hetero) is 1. The van der Waals surface area contributed by atoms with Crippen molar-refractivity contribution < 1.29 is 4.79 Å². The van der Waals surface area contributed by atoms with Gasteiger partial charge in [0.05, 0.1) is 25.3 Å². The van der Waals surface area contributed by atoms with Crippen LogP contribution in [0.1, 0.15) is 14.7 Å². The third-order valence-corrected chi connectivity index (χ3v) is 6.90. The number of aromatic nitrogens is 1. The van der Waals surface area contributed by atoms with Gasteiger partial charge in [-0.15, -0.1) is 22.7 Å². The molecule has 3 aromatic rings. The van der Waals surface area contributed by atoms with Crippen molar-refractivity contribution in [2.24, 2.45) is 0 Å². The molecule has 0 spiro atoms. The molecule has 0 bridgehead atoms. The number of carbonyl (C=O) groups excluding carboxylic acids is 1. The number of hydrogen-bond acceptors (Lipinski definition) is 4. The minimum absolute atomic E-state index is 0.107. The number of hydrogen-bond donors (Lipinski definition) is 0. The van der Waals surface area contributed by atoms with E-state index in [2.05, 4.69) is 36.8 Å². The second-order valence-corrected chi connectivity index (χ2v) is 8.25. The molecule has 0 fully saturated rings. The standard InChI is InChI=1S/C13H7Br2NOS2/c14-7-5-11(19-13(7)15)9(17)6-12-16-8-3-1-2-4-10(8)18-12/h1-5H,6H2. The van der Waals surface area contributed by atoms with E-state index in [-0.39, 0.29) is 5.78 Å². The lowest BCUT2D eigenvalue weighted by molar-refractivity contribution is 0.0997. The number of thiophene rings is 1. The number of benzene rings is 1. The first kappa shape index (κ1) is 13.4. The maximum Gasteiger partial charge on any atom is 0.179 e. The van der Waals surface area contributed by atoms with Crippen LogP contribution in [0.5, 0.6) is 0 Å². The average molecular weight is 417 g/mol. The Kier molecular flexibility index (Phi) is 3.84. The number of ketones is 1. The summed E-state index contributed by atoms with van der Waals surface area (Å²) in [5, 5.41) is 0.867. The fourth-order valence-electron chi connectivity index (χ4n) is 1.70. The first-order valence-electron chi connectivity index (χ1n) is 5.46. The first-order valence-corrected chi connectivity index (χ1v) is 8.68. The SMILES string of the molecule is O=C(Cc1nc2ccccc2s1)c1cc(Br)c(Br)s1. The van der Waals surface area contributed by atoms with E-state index in [1.54, 1.807) is 11.3 Å². The van der Waals surface area contributed by atoms with Crippen LogP contribution < -0.4 is 0 Å². The van der Waals surface area contributed by atoms with Crippen molar-refractivity contribution in [2.75, 3.05) is 0 Å². The Hall–Kier alpha value is -0.560. The highest BCUT2D eigenvalue weighted by Gasteiger charge is 2.14. The van der Waals surface area contributed by atoms with Gasteiger partial charge in [0.15, 0.2) is 5.78 Å². The predicted molar refractivity (Wildman–Crippen MR) is 87.4 cm³/mol. The molecular formula is C13H7Br2NOS2. The van der Waals surface area contributed by atoms with Crippen LogP contribution in [-0.2, 0) is 6.42 Å². The van der Waals surface area contributed by atoms with Crippen LogP contribution in [0.15, 0.2) is 38.6 Å². The molecule has 2 aromatic heterocycles. The summed E-state index contributed by atoms with van der Waals surface area (Å²) in [6, 6.07) is 9.79. The van der Waals surface area contributed by atoms with Gasteiger partial charge < -0.3 is 0 Å². The van der Waals surface area contributed by atoms with Gasteiger partial charge in [-0.3, -0.25) is 4.79 Å². The lowest BCUT2D eigenvalue weighted by atomic mass is 10.2. The Morgan fingerprint density at radius 2 is 2.00 bits per heavy atom. The van der Waals surface area contributed by atoms with E-state index in [1.807, 2.05) is 30.3 Å². The molecule has 3 rings (SSSR count). The molecule has 2 nitrogen and oxygen atoms in total. The molecule has 6 heteroatoms. The van der Waals surface area contributed by atoms with Crippen molar-refractivity contribution in [3.05, 3.63) is 48.5 Å². The average Bonchev–Trinajstić information content (AvgIpc) is 2.93. The van der Waals surface area contributed by atoms with Gasteiger partial charge in [0.1, 0.15) is 5.01 Å². The number of carbonyl (C=O) groups is 1. The summed E-state index contributed by atoms with van der Waals surface area (Å²) < 4.78 is 2.99. The molecule has 0 aliphatic carbocycles. The van der Waals surface area contributed by atoms with E-state index in [0.717, 1.165) is 28.4 Å². The van der Waals surface area contributed by atoms with Crippen LogP contribution in [0.4, 0.5) is 0 Å². The normalized spacial score (nSPS) is 11.1. The van der Waals surface area contributed by atoms with Crippen molar-refractivity contribution in [3.63, 3.8) is 0 Å². The van der Waals surface area contributed by atoms with Crippen LogP contribution in [0.3, 0.4) is 0 Å². The van der Waals surface area contributed by atoms with Gasteiger partial charge in [-0.25, -0.2) is 4.98 Å². The van der Waals surface area contributed by atoms with Crippen LogP contribution in [-0.4, -0.2) is 10.8 Å². The molecule has 19 heavy (non-hydrogen) atoms. The quantitative estimate of drug-likeness (QED) is 0.541. The smallest absolute Gasteiger partial charge is 0.179 e. The molecule has 0 radical (unpaired) electrons. The van der Waals surface area contributed by atoms with Crippen molar-refractivity contribution in [2.45, 2.75) is 6.42 Å². The highest BCUT2D eigenvalue weighted by molar-refractivity contribution is 9.13. The Morgan fingerprint density at radius 1 is 1.21 bits per heavy atom. The minimum atomic E-state index is 0.107. The van der Waals surface area contributed by atoms with E-state index in [4.69, 9.17) is 0 Å². The third kappa shape index (κ3) is 2.81. The van der Waals surface area contributed by atoms with Crippen LogP contribution in [0.2, 0.25) is 0 Å². The fraction of sp³-hybridized carbons (Fsp3) is 0.0769.